The fraction of sp³-hybridized carbons (Fsp3) is 0.708. The van der Waals surface area contributed by atoms with Crippen LogP contribution in [0.4, 0.5) is 0 Å². The van der Waals surface area contributed by atoms with Gasteiger partial charge in [0.1, 0.15) is 6.04 Å². The van der Waals surface area contributed by atoms with Gasteiger partial charge in [-0.05, 0) is 58.5 Å². The highest BCUT2D eigenvalue weighted by Crippen LogP contribution is 2.13. The molecule has 0 saturated heterocycles. The summed E-state index contributed by atoms with van der Waals surface area (Å²) in [5.41, 5.74) is 0. The molecule has 0 fully saturated rings. The van der Waals surface area contributed by atoms with Gasteiger partial charge in [-0.1, -0.05) is 76.5 Å². The quantitative estimate of drug-likeness (QED) is 0.165. The molecule has 1 unspecified atom stereocenters. The predicted molar refractivity (Wildman–Crippen MR) is 118 cm³/mol. The predicted octanol–water partition coefficient (Wildman–Crippen LogP) is 6.46. The SMILES string of the molecule is CCC=CCC=CCC=CCCCCCCC(C(=O)OCC)N(CC)CC. The van der Waals surface area contributed by atoms with Crippen molar-refractivity contribution in [3.63, 3.8) is 0 Å². The first-order chi connectivity index (χ1) is 13.2. The molecule has 0 aromatic heterocycles. The minimum Gasteiger partial charge on any atom is -0.465 e. The van der Waals surface area contributed by atoms with Crippen LogP contribution < -0.4 is 0 Å². The van der Waals surface area contributed by atoms with Crippen molar-refractivity contribution in [3.05, 3.63) is 36.5 Å². The van der Waals surface area contributed by atoms with E-state index in [0.29, 0.717) is 6.61 Å². The smallest absolute Gasteiger partial charge is 0.323 e. The Balaban J connectivity index is 3.84. The zero-order valence-electron chi connectivity index (χ0n) is 18.3. The molecule has 0 rings (SSSR count). The minimum atomic E-state index is -0.0706. The standard InChI is InChI=1S/C24H43NO2/c1-5-9-10-11-12-13-14-15-16-17-18-19-20-21-22-23(24(26)27-8-4)25(6-2)7-3/h9-10,12-13,15-16,23H,5-8,11,14,17-22H2,1-4H3. The average Bonchev–Trinajstić information content (AvgIpc) is 2.67. The Bertz CT molecular complexity index is 422. The second-order valence-corrected chi connectivity index (χ2v) is 6.77. The molecule has 1 atom stereocenters. The van der Waals surface area contributed by atoms with Crippen molar-refractivity contribution in [3.8, 4) is 0 Å². The molecule has 0 aliphatic carbocycles. The summed E-state index contributed by atoms with van der Waals surface area (Å²) in [6, 6.07) is -0.0706. The van der Waals surface area contributed by atoms with Gasteiger partial charge in [0.25, 0.3) is 0 Å². The molecule has 0 amide bonds. The lowest BCUT2D eigenvalue weighted by Gasteiger charge is -2.27. The number of likely N-dealkylation sites (N-methyl/N-ethyl adjacent to an activating group) is 1. The van der Waals surface area contributed by atoms with Crippen LogP contribution in [0.25, 0.3) is 0 Å². The summed E-state index contributed by atoms with van der Waals surface area (Å²) in [5, 5.41) is 0. The summed E-state index contributed by atoms with van der Waals surface area (Å²) in [4.78, 5) is 14.4. The Morgan fingerprint density at radius 2 is 1.41 bits per heavy atom. The summed E-state index contributed by atoms with van der Waals surface area (Å²) in [6.45, 7) is 10.5. The van der Waals surface area contributed by atoms with Crippen LogP contribution in [0, 0.1) is 0 Å². The second kappa shape index (κ2) is 19.4. The molecule has 3 heteroatoms. The first kappa shape index (κ1) is 25.6. The van der Waals surface area contributed by atoms with Crippen LogP contribution in [0.2, 0.25) is 0 Å². The van der Waals surface area contributed by atoms with Crippen molar-refractivity contribution in [1.82, 2.24) is 4.90 Å². The van der Waals surface area contributed by atoms with Crippen LogP contribution in [0.1, 0.15) is 85.5 Å². The van der Waals surface area contributed by atoms with Crippen LogP contribution in [0.3, 0.4) is 0 Å². The van der Waals surface area contributed by atoms with Gasteiger partial charge >= 0.3 is 5.97 Å². The van der Waals surface area contributed by atoms with E-state index >= 15 is 0 Å². The van der Waals surface area contributed by atoms with Gasteiger partial charge in [0.2, 0.25) is 0 Å². The molecule has 3 nitrogen and oxygen atoms in total. The van der Waals surface area contributed by atoms with E-state index in [1.807, 2.05) is 6.92 Å². The number of allylic oxidation sites excluding steroid dienone is 6. The molecule has 0 aliphatic heterocycles. The molecular weight excluding hydrogens is 334 g/mol. The number of hydrogen-bond acceptors (Lipinski definition) is 3. The lowest BCUT2D eigenvalue weighted by molar-refractivity contribution is -0.149. The Labute approximate surface area is 168 Å². The highest BCUT2D eigenvalue weighted by molar-refractivity contribution is 5.75. The van der Waals surface area contributed by atoms with Crippen molar-refractivity contribution in [1.29, 1.82) is 0 Å². The zero-order chi connectivity index (χ0) is 20.2. The van der Waals surface area contributed by atoms with Crippen molar-refractivity contribution in [2.24, 2.45) is 0 Å². The molecule has 156 valence electrons. The van der Waals surface area contributed by atoms with Crippen molar-refractivity contribution in [2.45, 2.75) is 91.5 Å². The Morgan fingerprint density at radius 3 is 2.00 bits per heavy atom. The van der Waals surface area contributed by atoms with E-state index in [1.165, 1.54) is 19.3 Å². The van der Waals surface area contributed by atoms with Crippen LogP contribution in [0.5, 0.6) is 0 Å². The molecule has 27 heavy (non-hydrogen) atoms. The molecule has 0 saturated carbocycles. The maximum Gasteiger partial charge on any atom is 0.323 e. The maximum atomic E-state index is 12.2. The van der Waals surface area contributed by atoms with Crippen LogP contribution >= 0.6 is 0 Å². The zero-order valence-corrected chi connectivity index (χ0v) is 18.3. The summed E-state index contributed by atoms with van der Waals surface area (Å²) in [6.07, 6.45) is 23.4. The molecule has 0 bridgehead atoms. The van der Waals surface area contributed by atoms with E-state index in [-0.39, 0.29) is 12.0 Å². The molecular formula is C24H43NO2. The molecule has 0 radical (unpaired) electrons. The number of hydrogen-bond donors (Lipinski definition) is 0. The Morgan fingerprint density at radius 1 is 0.815 bits per heavy atom. The van der Waals surface area contributed by atoms with Gasteiger partial charge in [0.05, 0.1) is 6.61 Å². The van der Waals surface area contributed by atoms with E-state index in [1.54, 1.807) is 0 Å². The first-order valence-electron chi connectivity index (χ1n) is 11.1. The van der Waals surface area contributed by atoms with Crippen molar-refractivity contribution in [2.75, 3.05) is 19.7 Å². The van der Waals surface area contributed by atoms with E-state index in [0.717, 1.165) is 51.6 Å². The number of carbonyl (C=O) groups excluding carboxylic acids is 1. The number of unbranched alkanes of at least 4 members (excludes halogenated alkanes) is 4. The normalized spacial score (nSPS) is 13.4. The van der Waals surface area contributed by atoms with Gasteiger partial charge in [-0.15, -0.1) is 0 Å². The summed E-state index contributed by atoms with van der Waals surface area (Å²) < 4.78 is 5.26. The van der Waals surface area contributed by atoms with Crippen LogP contribution in [-0.4, -0.2) is 36.6 Å². The lowest BCUT2D eigenvalue weighted by atomic mass is 10.0. The van der Waals surface area contributed by atoms with E-state index in [4.69, 9.17) is 4.74 Å². The van der Waals surface area contributed by atoms with Crippen molar-refractivity contribution < 1.29 is 9.53 Å². The molecule has 0 spiro atoms. The number of rotatable bonds is 17. The molecule has 0 N–H and O–H groups in total. The van der Waals surface area contributed by atoms with Crippen molar-refractivity contribution >= 4 is 5.97 Å². The molecule has 0 heterocycles. The topological polar surface area (TPSA) is 29.5 Å². The summed E-state index contributed by atoms with van der Waals surface area (Å²) in [5.74, 6) is -0.0534. The third kappa shape index (κ3) is 14.4. The number of carbonyl (C=O) groups is 1. The molecule has 0 aromatic carbocycles. The van der Waals surface area contributed by atoms with Crippen LogP contribution in [0.15, 0.2) is 36.5 Å². The highest BCUT2D eigenvalue weighted by atomic mass is 16.5. The lowest BCUT2D eigenvalue weighted by Crippen LogP contribution is -2.42. The van der Waals surface area contributed by atoms with Gasteiger partial charge in [-0.2, -0.15) is 0 Å². The maximum absolute atomic E-state index is 12.2. The number of esters is 1. The second-order valence-electron chi connectivity index (χ2n) is 6.77. The van der Waals surface area contributed by atoms with E-state index in [9.17, 15) is 4.79 Å². The minimum absolute atomic E-state index is 0.0534. The van der Waals surface area contributed by atoms with Gasteiger partial charge in [-0.25, -0.2) is 0 Å². The molecule has 0 aliphatic rings. The monoisotopic (exact) mass is 377 g/mol. The van der Waals surface area contributed by atoms with Gasteiger partial charge in [0.15, 0.2) is 0 Å². The van der Waals surface area contributed by atoms with Gasteiger partial charge in [0, 0.05) is 0 Å². The highest BCUT2D eigenvalue weighted by Gasteiger charge is 2.24. The Kier molecular flexibility index (Phi) is 18.4. The van der Waals surface area contributed by atoms with E-state index < -0.39 is 0 Å². The molecule has 0 aromatic rings. The first-order valence-corrected chi connectivity index (χ1v) is 11.1. The third-order valence-corrected chi connectivity index (χ3v) is 4.69. The van der Waals surface area contributed by atoms with Gasteiger partial charge < -0.3 is 4.74 Å². The third-order valence-electron chi connectivity index (χ3n) is 4.69. The number of nitrogens with zero attached hydrogens (tertiary/aromatic N) is 1. The largest absolute Gasteiger partial charge is 0.465 e. The fourth-order valence-electron chi connectivity index (χ4n) is 3.13. The Hall–Kier alpha value is -1.35. The summed E-state index contributed by atoms with van der Waals surface area (Å²) in [7, 11) is 0. The average molecular weight is 378 g/mol. The number of ether oxygens (including phenoxy) is 1. The summed E-state index contributed by atoms with van der Waals surface area (Å²) >= 11 is 0. The van der Waals surface area contributed by atoms with Crippen LogP contribution in [-0.2, 0) is 9.53 Å². The van der Waals surface area contributed by atoms with Gasteiger partial charge in [-0.3, -0.25) is 9.69 Å². The van der Waals surface area contributed by atoms with E-state index in [2.05, 4.69) is 62.1 Å². The fourth-order valence-corrected chi connectivity index (χ4v) is 3.13.